The van der Waals surface area contributed by atoms with Crippen molar-refractivity contribution in [1.82, 2.24) is 40.2 Å². The maximum atomic E-state index is 13.4. The molecular weight excluding hydrogens is 915 g/mol. The van der Waals surface area contributed by atoms with Crippen molar-refractivity contribution in [3.05, 3.63) is 117 Å². The molecule has 1 unspecified atom stereocenters. The van der Waals surface area contributed by atoms with Crippen LogP contribution in [0.25, 0.3) is 0 Å². The van der Waals surface area contributed by atoms with Crippen LogP contribution in [-0.4, -0.2) is 117 Å². The molecule has 2 aromatic carbocycles. The van der Waals surface area contributed by atoms with Gasteiger partial charge in [0.15, 0.2) is 11.5 Å². The van der Waals surface area contributed by atoms with Crippen molar-refractivity contribution in [2.45, 2.75) is 74.1 Å². The molecule has 5 aliphatic rings. The summed E-state index contributed by atoms with van der Waals surface area (Å²) in [5, 5.41) is 33.1. The van der Waals surface area contributed by atoms with Gasteiger partial charge in [0.2, 0.25) is 20.0 Å². The van der Waals surface area contributed by atoms with Crippen LogP contribution in [0.15, 0.2) is 83.3 Å². The number of carbonyl (C=O) groups excluding carboxylic acids is 4. The molecule has 23 heteroatoms. The molecular formula is C45H47N13O8S2. The first-order chi connectivity index (χ1) is 32.4. The SMILES string of the molecule is CC1N=C(C(=O)NCc2ccc(C#N)cc2)C2=C1C(=O)N(CC1(S(N)(=O)=O)CC1)CC2.Cn1nc(C(=O)NCc2ccc(C#N)cc2)c2c1C(=O)N(CC1(S(=O)(=O)Nc3cnccn3)CC1)CC2. The van der Waals surface area contributed by atoms with E-state index in [0.717, 1.165) is 11.1 Å². The number of amides is 4. The van der Waals surface area contributed by atoms with Crippen LogP contribution in [0.1, 0.15) is 87.8 Å². The number of hydrogen-bond donors (Lipinski definition) is 4. The van der Waals surface area contributed by atoms with E-state index in [2.05, 4.69) is 35.4 Å². The van der Waals surface area contributed by atoms with Gasteiger partial charge in [-0.2, -0.15) is 15.6 Å². The number of nitrogens with two attached hydrogens (primary N) is 1. The van der Waals surface area contributed by atoms with Crippen molar-refractivity contribution in [3.8, 4) is 12.1 Å². The minimum Gasteiger partial charge on any atom is -0.347 e. The van der Waals surface area contributed by atoms with Gasteiger partial charge < -0.3 is 20.4 Å². The molecule has 0 saturated heterocycles. The predicted octanol–water partition coefficient (Wildman–Crippen LogP) is 1.35. The van der Waals surface area contributed by atoms with E-state index in [1.165, 1.54) is 33.1 Å². The van der Waals surface area contributed by atoms with Gasteiger partial charge >= 0.3 is 0 Å². The number of rotatable bonds is 14. The van der Waals surface area contributed by atoms with Gasteiger partial charge in [0.25, 0.3) is 23.6 Å². The van der Waals surface area contributed by atoms with E-state index in [1.807, 2.05) is 12.1 Å². The number of nitrogens with zero attached hydrogens (tertiary/aromatic N) is 9. The standard InChI is InChI=1S/C24H24N8O4S.C21H23N5O4S/c1-31-21-18(20(29-31)22(33)28-13-17-4-2-16(12-25)3-5-17)6-11-32(23(21)34)15-24(7-8-24)37(35,36)30-19-14-26-9-10-27-19;1-13-17-16(6-9-26(20(17)28)12-21(7-8-21)31(23,29)30)18(25-13)19(27)24-11-15-4-2-14(10-22)3-5-15/h2-5,9-10,14H,6-8,11,13,15H2,1H3,(H,27,30)(H,28,33);2-5,13H,6-9,11-12H2,1H3,(H,24,27)(H2,23,29,30). The molecule has 2 saturated carbocycles. The normalized spacial score (nSPS) is 18.7. The lowest BCUT2D eigenvalue weighted by Crippen LogP contribution is -2.48. The molecule has 0 radical (unpaired) electrons. The van der Waals surface area contributed by atoms with Crippen LogP contribution in [0.3, 0.4) is 0 Å². The van der Waals surface area contributed by atoms with Gasteiger partial charge in [0.05, 0.1) is 35.5 Å². The first kappa shape index (κ1) is 47.2. The average molecular weight is 962 g/mol. The third kappa shape index (κ3) is 9.45. The molecule has 4 amide bonds. The summed E-state index contributed by atoms with van der Waals surface area (Å²) in [6, 6.07) is 17.4. The number of nitrogens with one attached hydrogen (secondary N) is 3. The lowest BCUT2D eigenvalue weighted by molar-refractivity contribution is -0.128. The van der Waals surface area contributed by atoms with Gasteiger partial charge in [-0.3, -0.25) is 38.6 Å². The quantitative estimate of drug-likeness (QED) is 0.139. The van der Waals surface area contributed by atoms with Crippen molar-refractivity contribution in [1.29, 1.82) is 10.5 Å². The number of nitriles is 2. The lowest BCUT2D eigenvalue weighted by atomic mass is 9.94. The number of aliphatic imine (C=N–C) groups is 1. The summed E-state index contributed by atoms with van der Waals surface area (Å²) in [6.07, 6.45) is 6.75. The molecule has 5 N–H and O–H groups in total. The summed E-state index contributed by atoms with van der Waals surface area (Å²) in [7, 11) is -5.95. The van der Waals surface area contributed by atoms with Crippen molar-refractivity contribution in [3.63, 3.8) is 0 Å². The summed E-state index contributed by atoms with van der Waals surface area (Å²) in [5.74, 6) is -1.27. The Balaban J connectivity index is 0.000000187. The molecule has 68 heavy (non-hydrogen) atoms. The van der Waals surface area contributed by atoms with Crippen LogP contribution in [0.5, 0.6) is 0 Å². The fourth-order valence-corrected chi connectivity index (χ4v) is 11.2. The Bertz CT molecular complexity index is 3080. The van der Waals surface area contributed by atoms with E-state index in [4.69, 9.17) is 15.7 Å². The molecule has 1 atom stereocenters. The molecule has 0 spiro atoms. The zero-order valence-corrected chi connectivity index (χ0v) is 38.7. The van der Waals surface area contributed by atoms with Crippen LogP contribution in [0, 0.1) is 22.7 Å². The zero-order chi connectivity index (χ0) is 48.6. The van der Waals surface area contributed by atoms with Gasteiger partial charge in [-0.1, -0.05) is 24.3 Å². The number of carbonyl (C=O) groups is 4. The summed E-state index contributed by atoms with van der Waals surface area (Å²) >= 11 is 0. The van der Waals surface area contributed by atoms with Gasteiger partial charge in [-0.05, 0) is 86.4 Å². The topological polar surface area (TPSA) is 309 Å². The molecule has 2 aromatic heterocycles. The summed E-state index contributed by atoms with van der Waals surface area (Å²) in [4.78, 5) is 67.4. The molecule has 0 bridgehead atoms. The maximum absolute atomic E-state index is 13.4. The number of hydrogen-bond acceptors (Lipinski definition) is 14. The van der Waals surface area contributed by atoms with Crippen molar-refractivity contribution in [2.75, 3.05) is 30.9 Å². The van der Waals surface area contributed by atoms with Crippen LogP contribution in [0.2, 0.25) is 0 Å². The Morgan fingerprint density at radius 2 is 1.37 bits per heavy atom. The molecule has 4 aromatic rings. The monoisotopic (exact) mass is 961 g/mol. The largest absolute Gasteiger partial charge is 0.347 e. The van der Waals surface area contributed by atoms with E-state index in [0.29, 0.717) is 72.9 Å². The molecule has 352 valence electrons. The Kier molecular flexibility index (Phi) is 12.8. The maximum Gasteiger partial charge on any atom is 0.272 e. The van der Waals surface area contributed by atoms with E-state index in [9.17, 15) is 36.0 Å². The van der Waals surface area contributed by atoms with Crippen LogP contribution in [0.4, 0.5) is 5.82 Å². The van der Waals surface area contributed by atoms with Crippen LogP contribution >= 0.6 is 0 Å². The number of benzene rings is 2. The third-order valence-corrected chi connectivity index (χ3v) is 16.7. The summed E-state index contributed by atoms with van der Waals surface area (Å²) in [6.45, 7) is 2.98. The highest BCUT2D eigenvalue weighted by atomic mass is 32.2. The predicted molar refractivity (Wildman–Crippen MR) is 245 cm³/mol. The fourth-order valence-electron chi connectivity index (χ4n) is 8.59. The van der Waals surface area contributed by atoms with Gasteiger partial charge in [0.1, 0.15) is 20.9 Å². The Morgan fingerprint density at radius 1 is 0.809 bits per heavy atom. The number of anilines is 1. The second kappa shape index (κ2) is 18.4. The molecule has 9 rings (SSSR count). The highest BCUT2D eigenvalue weighted by molar-refractivity contribution is 7.94. The van der Waals surface area contributed by atoms with E-state index in [-0.39, 0.29) is 73.4 Å². The highest BCUT2D eigenvalue weighted by Crippen LogP contribution is 2.46. The number of sulfonamides is 2. The van der Waals surface area contributed by atoms with E-state index >= 15 is 0 Å². The lowest BCUT2D eigenvalue weighted by Gasteiger charge is -2.31. The summed E-state index contributed by atoms with van der Waals surface area (Å²) in [5.41, 5.74) is 5.10. The van der Waals surface area contributed by atoms with Gasteiger partial charge in [-0.15, -0.1) is 0 Å². The van der Waals surface area contributed by atoms with E-state index < -0.39 is 41.5 Å². The highest BCUT2D eigenvalue weighted by Gasteiger charge is 2.57. The Hall–Kier alpha value is -7.34. The van der Waals surface area contributed by atoms with Crippen LogP contribution < -0.4 is 20.5 Å². The number of primary sulfonamides is 1. The minimum absolute atomic E-state index is 0.0340. The van der Waals surface area contributed by atoms with Crippen molar-refractivity contribution >= 4 is 55.2 Å². The van der Waals surface area contributed by atoms with Gasteiger partial charge in [-0.25, -0.2) is 27.0 Å². The first-order valence-corrected chi connectivity index (χ1v) is 24.7. The van der Waals surface area contributed by atoms with E-state index in [1.54, 1.807) is 62.5 Å². The van der Waals surface area contributed by atoms with Gasteiger partial charge in [0, 0.05) is 69.8 Å². The Morgan fingerprint density at radius 3 is 1.91 bits per heavy atom. The number of aryl methyl sites for hydroxylation is 1. The Labute approximate surface area is 392 Å². The van der Waals surface area contributed by atoms with Crippen LogP contribution in [-0.2, 0) is 56.2 Å². The summed E-state index contributed by atoms with van der Waals surface area (Å²) < 4.78 is 51.7. The number of aromatic nitrogens is 4. The van der Waals surface area contributed by atoms with Crippen molar-refractivity contribution < 1.29 is 36.0 Å². The molecule has 2 fully saturated rings. The minimum atomic E-state index is -3.81. The smallest absolute Gasteiger partial charge is 0.272 e. The zero-order valence-electron chi connectivity index (χ0n) is 37.1. The molecule has 21 nitrogen and oxygen atoms in total. The molecule has 5 heterocycles. The number of fused-ring (bicyclic) bond motifs is 1. The third-order valence-electron chi connectivity index (χ3n) is 12.8. The molecule has 2 aliphatic carbocycles. The second-order valence-corrected chi connectivity index (χ2v) is 21.4. The van der Waals surface area contributed by atoms with Crippen molar-refractivity contribution in [2.24, 2.45) is 17.2 Å². The average Bonchev–Trinajstić information content (AvgIpc) is 4.24. The fraction of sp³-hybridized carbons (Fsp3) is 0.378. The molecule has 3 aliphatic heterocycles. The second-order valence-electron chi connectivity index (χ2n) is 17.4. The first-order valence-electron chi connectivity index (χ1n) is 21.7.